The minimum absolute atomic E-state index is 0.0200. The van der Waals surface area contributed by atoms with Crippen molar-refractivity contribution >= 4 is 5.97 Å². The summed E-state index contributed by atoms with van der Waals surface area (Å²) in [6.45, 7) is 3.00. The summed E-state index contributed by atoms with van der Waals surface area (Å²) in [6, 6.07) is 0. The molecule has 170 valence electrons. The molecule has 0 amide bonds. The average Bonchev–Trinajstić information content (AvgIpc) is 2.99. The van der Waals surface area contributed by atoms with Crippen LogP contribution in [0.1, 0.15) is 33.1 Å². The molecule has 9 atom stereocenters. The summed E-state index contributed by atoms with van der Waals surface area (Å²) in [4.78, 5) is 12.1. The second-order valence-corrected chi connectivity index (χ2v) is 8.38. The molecular weight excluding hydrogens is 396 g/mol. The molecule has 2 heterocycles. The highest BCUT2D eigenvalue weighted by atomic mass is 16.7. The minimum Gasteiger partial charge on any atom is -0.458 e. The molecule has 0 aromatic heterocycles. The molecule has 0 aromatic carbocycles. The number of hydrogen-bond acceptors (Lipinski definition) is 9. The van der Waals surface area contributed by atoms with Crippen LogP contribution in [0.4, 0.5) is 0 Å². The number of aliphatic hydroxyl groups is 5. The number of carbonyl (C=O) groups is 1. The third kappa shape index (κ3) is 4.77. The first kappa shape index (κ1) is 23.3. The molecular formula is C21H32O9. The van der Waals surface area contributed by atoms with E-state index in [1.807, 2.05) is 26.0 Å². The molecule has 9 heteroatoms. The quantitative estimate of drug-likeness (QED) is 0.293. The fraction of sp³-hybridized carbons (Fsp3) is 0.762. The van der Waals surface area contributed by atoms with Crippen LogP contribution in [0.15, 0.2) is 23.3 Å². The molecule has 1 aliphatic carbocycles. The first-order chi connectivity index (χ1) is 14.3. The van der Waals surface area contributed by atoms with E-state index in [0.717, 1.165) is 11.1 Å². The monoisotopic (exact) mass is 428 g/mol. The van der Waals surface area contributed by atoms with Gasteiger partial charge in [0, 0.05) is 5.92 Å². The summed E-state index contributed by atoms with van der Waals surface area (Å²) in [7, 11) is 0. The zero-order valence-corrected chi connectivity index (χ0v) is 17.3. The second kappa shape index (κ2) is 9.86. The van der Waals surface area contributed by atoms with E-state index in [0.29, 0.717) is 19.3 Å². The summed E-state index contributed by atoms with van der Waals surface area (Å²) in [5, 5.41) is 49.4. The first-order valence-electron chi connectivity index (χ1n) is 10.4. The van der Waals surface area contributed by atoms with E-state index >= 15 is 0 Å². The Balaban J connectivity index is 1.84. The van der Waals surface area contributed by atoms with Crippen LogP contribution in [0.2, 0.25) is 0 Å². The van der Waals surface area contributed by atoms with Gasteiger partial charge in [0.2, 0.25) is 0 Å². The van der Waals surface area contributed by atoms with Crippen LogP contribution in [0.3, 0.4) is 0 Å². The lowest BCUT2D eigenvalue weighted by Gasteiger charge is -2.41. The van der Waals surface area contributed by atoms with Gasteiger partial charge in [-0.2, -0.15) is 0 Å². The summed E-state index contributed by atoms with van der Waals surface area (Å²) < 4.78 is 16.9. The van der Waals surface area contributed by atoms with Crippen molar-refractivity contribution in [3.8, 4) is 0 Å². The summed E-state index contributed by atoms with van der Waals surface area (Å²) >= 11 is 0. The van der Waals surface area contributed by atoms with Crippen molar-refractivity contribution in [1.82, 2.24) is 0 Å². The zero-order valence-electron chi connectivity index (χ0n) is 17.3. The highest BCUT2D eigenvalue weighted by molar-refractivity contribution is 5.75. The molecule has 2 fully saturated rings. The molecule has 0 aromatic rings. The van der Waals surface area contributed by atoms with Gasteiger partial charge in [-0.3, -0.25) is 4.79 Å². The van der Waals surface area contributed by atoms with Gasteiger partial charge in [-0.1, -0.05) is 13.0 Å². The van der Waals surface area contributed by atoms with Gasteiger partial charge in [-0.15, -0.1) is 0 Å². The van der Waals surface area contributed by atoms with Gasteiger partial charge in [0.05, 0.1) is 25.2 Å². The second-order valence-electron chi connectivity index (χ2n) is 8.38. The third-order valence-electron chi connectivity index (χ3n) is 6.39. The number of rotatable bonds is 4. The molecule has 0 unspecified atom stereocenters. The number of hydrogen-bond donors (Lipinski definition) is 5. The van der Waals surface area contributed by atoms with E-state index < -0.39 is 49.5 Å². The maximum atomic E-state index is 12.1. The van der Waals surface area contributed by atoms with Crippen molar-refractivity contribution in [3.05, 3.63) is 23.3 Å². The normalized spacial score (nSPS) is 46.2. The SMILES string of the molecule is C/C1=C\[C@H]2OC(=O)[C@@H](C)[C@@H]2CC/C(CO)=C\C[C@H]1O[C@@H]1O[C@H](CO)[C@@H](O)[C@H](O)[C@H]1O. The Kier molecular flexibility index (Phi) is 7.67. The van der Waals surface area contributed by atoms with Crippen molar-refractivity contribution < 1.29 is 44.5 Å². The molecule has 0 bridgehead atoms. The van der Waals surface area contributed by atoms with Crippen LogP contribution in [0.5, 0.6) is 0 Å². The summed E-state index contributed by atoms with van der Waals surface area (Å²) in [5.41, 5.74) is 1.57. The molecule has 5 N–H and O–H groups in total. The molecule has 3 aliphatic rings. The molecule has 0 spiro atoms. The number of esters is 1. The lowest BCUT2D eigenvalue weighted by Crippen LogP contribution is -2.59. The Hall–Kier alpha value is -1.33. The maximum Gasteiger partial charge on any atom is 0.309 e. The zero-order chi connectivity index (χ0) is 22.0. The van der Waals surface area contributed by atoms with Crippen LogP contribution in [-0.2, 0) is 19.0 Å². The van der Waals surface area contributed by atoms with Crippen LogP contribution >= 0.6 is 0 Å². The number of aliphatic hydroxyl groups excluding tert-OH is 5. The molecule has 2 aliphatic heterocycles. The number of ether oxygens (including phenoxy) is 3. The van der Waals surface area contributed by atoms with Crippen molar-refractivity contribution in [2.45, 2.75) is 76.0 Å². The molecule has 2 saturated heterocycles. The van der Waals surface area contributed by atoms with Crippen LogP contribution in [0, 0.1) is 11.8 Å². The largest absolute Gasteiger partial charge is 0.458 e. The number of fused-ring (bicyclic) bond motifs is 1. The Morgan fingerprint density at radius 2 is 1.90 bits per heavy atom. The lowest BCUT2D eigenvalue weighted by molar-refractivity contribution is -0.308. The van der Waals surface area contributed by atoms with E-state index in [1.54, 1.807) is 0 Å². The molecule has 3 rings (SSSR count). The van der Waals surface area contributed by atoms with E-state index in [1.165, 1.54) is 0 Å². The van der Waals surface area contributed by atoms with Crippen LogP contribution in [-0.4, -0.2) is 87.6 Å². The van der Waals surface area contributed by atoms with Crippen LogP contribution in [0.25, 0.3) is 0 Å². The van der Waals surface area contributed by atoms with E-state index in [-0.39, 0.29) is 24.4 Å². The van der Waals surface area contributed by atoms with Gasteiger partial charge in [0.15, 0.2) is 6.29 Å². The predicted octanol–water partition coefficient (Wildman–Crippen LogP) is -0.602. The third-order valence-corrected chi connectivity index (χ3v) is 6.39. The molecule has 30 heavy (non-hydrogen) atoms. The van der Waals surface area contributed by atoms with Crippen molar-refractivity contribution in [1.29, 1.82) is 0 Å². The maximum absolute atomic E-state index is 12.1. The standard InChI is InChI=1S/C21H32O9/c1-10-7-15-13(11(2)20(27)28-15)5-3-12(8-22)4-6-14(10)29-21-19(26)18(25)17(24)16(9-23)30-21/h4,7,11,13-19,21-26H,3,5-6,8-9H2,1-2H3/b10-7+,12-4+/t11-,13-,14+,15+,16+,17+,18-,19+,21+/m0/s1. The Morgan fingerprint density at radius 1 is 1.17 bits per heavy atom. The topological polar surface area (TPSA) is 146 Å². The van der Waals surface area contributed by atoms with Gasteiger partial charge in [-0.25, -0.2) is 0 Å². The van der Waals surface area contributed by atoms with Gasteiger partial charge >= 0.3 is 5.97 Å². The molecule has 0 radical (unpaired) electrons. The Morgan fingerprint density at radius 3 is 2.57 bits per heavy atom. The molecule has 0 saturated carbocycles. The molecule has 9 nitrogen and oxygen atoms in total. The summed E-state index contributed by atoms with van der Waals surface area (Å²) in [5.74, 6) is -0.522. The van der Waals surface area contributed by atoms with Gasteiger partial charge in [-0.05, 0) is 43.4 Å². The smallest absolute Gasteiger partial charge is 0.309 e. The lowest BCUT2D eigenvalue weighted by atomic mass is 9.84. The van der Waals surface area contributed by atoms with Gasteiger partial charge in [0.1, 0.15) is 30.5 Å². The highest BCUT2D eigenvalue weighted by Gasteiger charge is 2.45. The highest BCUT2D eigenvalue weighted by Crippen LogP contribution is 2.36. The van der Waals surface area contributed by atoms with Gasteiger partial charge in [0.25, 0.3) is 0 Å². The van der Waals surface area contributed by atoms with E-state index in [2.05, 4.69) is 0 Å². The Bertz CT molecular complexity index is 673. The number of carbonyl (C=O) groups excluding carboxylic acids is 1. The first-order valence-corrected chi connectivity index (χ1v) is 10.4. The van der Waals surface area contributed by atoms with E-state index in [4.69, 9.17) is 14.2 Å². The van der Waals surface area contributed by atoms with Crippen molar-refractivity contribution in [2.24, 2.45) is 11.8 Å². The minimum atomic E-state index is -1.53. The predicted molar refractivity (Wildman–Crippen MR) is 104 cm³/mol. The van der Waals surface area contributed by atoms with Gasteiger partial charge < -0.3 is 39.7 Å². The fourth-order valence-corrected chi connectivity index (χ4v) is 4.29. The van der Waals surface area contributed by atoms with Crippen molar-refractivity contribution in [3.63, 3.8) is 0 Å². The van der Waals surface area contributed by atoms with Crippen molar-refractivity contribution in [2.75, 3.05) is 13.2 Å². The average molecular weight is 428 g/mol. The fourth-order valence-electron chi connectivity index (χ4n) is 4.29. The van der Waals surface area contributed by atoms with Crippen LogP contribution < -0.4 is 0 Å². The van der Waals surface area contributed by atoms with E-state index in [9.17, 15) is 30.3 Å². The summed E-state index contributed by atoms with van der Waals surface area (Å²) in [6.07, 6.45) is -2.44. The Labute approximate surface area is 175 Å².